The van der Waals surface area contributed by atoms with Crippen molar-refractivity contribution in [3.63, 3.8) is 0 Å². The summed E-state index contributed by atoms with van der Waals surface area (Å²) in [4.78, 5) is 1.99. The molecule has 3 rings (SSSR count). The second-order valence-electron chi connectivity index (χ2n) is 6.61. The van der Waals surface area contributed by atoms with Gasteiger partial charge in [-0.2, -0.15) is 0 Å². The van der Waals surface area contributed by atoms with Crippen molar-refractivity contribution in [1.29, 1.82) is 0 Å². The summed E-state index contributed by atoms with van der Waals surface area (Å²) in [5, 5.41) is 0. The van der Waals surface area contributed by atoms with Crippen LogP contribution in [-0.4, -0.2) is 40.8 Å². The van der Waals surface area contributed by atoms with Crippen LogP contribution in [0.3, 0.4) is 0 Å². The van der Waals surface area contributed by atoms with Gasteiger partial charge in [-0.05, 0) is 50.2 Å². The Hall–Kier alpha value is -2.32. The summed E-state index contributed by atoms with van der Waals surface area (Å²) in [6.45, 7) is 5.05. The molecule has 0 radical (unpaired) electrons. The van der Waals surface area contributed by atoms with E-state index in [2.05, 4.69) is 4.72 Å². The largest absolute Gasteiger partial charge is 0.497 e. The third-order valence-electron chi connectivity index (χ3n) is 4.33. The molecule has 0 spiro atoms. The van der Waals surface area contributed by atoms with E-state index in [4.69, 9.17) is 9.47 Å². The Morgan fingerprint density at radius 3 is 2.30 bits per heavy atom. The standard InChI is InChI=1S/C19H23FN2O4S/c1-13-11-22(12-14(2)26-13)19-9-4-15(10-18(19)20)21-27(23,24)17-7-5-16(25-3)6-8-17/h4-10,13-14,21H,11-12H2,1-3H3/t13-,14-/m0/s1. The third kappa shape index (κ3) is 4.51. The number of nitrogens with zero attached hydrogens (tertiary/aromatic N) is 1. The Bertz CT molecular complexity index is 892. The van der Waals surface area contributed by atoms with Crippen LogP contribution in [0.15, 0.2) is 47.4 Å². The smallest absolute Gasteiger partial charge is 0.261 e. The number of hydrogen-bond donors (Lipinski definition) is 1. The van der Waals surface area contributed by atoms with Crippen molar-refractivity contribution in [2.45, 2.75) is 31.0 Å². The molecule has 1 aliphatic heterocycles. The highest BCUT2D eigenvalue weighted by atomic mass is 32.2. The van der Waals surface area contributed by atoms with Crippen molar-refractivity contribution in [1.82, 2.24) is 0 Å². The first-order valence-corrected chi connectivity index (χ1v) is 10.1. The molecule has 1 saturated heterocycles. The molecular formula is C19H23FN2O4S. The summed E-state index contributed by atoms with van der Waals surface area (Å²) >= 11 is 0. The van der Waals surface area contributed by atoms with Crippen molar-refractivity contribution < 1.29 is 22.3 Å². The molecular weight excluding hydrogens is 371 g/mol. The summed E-state index contributed by atoms with van der Waals surface area (Å²) in [6, 6.07) is 10.3. The number of morpholine rings is 1. The van der Waals surface area contributed by atoms with Crippen LogP contribution < -0.4 is 14.4 Å². The molecule has 2 aromatic carbocycles. The summed E-state index contributed by atoms with van der Waals surface area (Å²) in [6.07, 6.45) is 0.00260. The second-order valence-corrected chi connectivity index (χ2v) is 8.29. The molecule has 0 aliphatic carbocycles. The van der Waals surface area contributed by atoms with Gasteiger partial charge in [0.15, 0.2) is 0 Å². The van der Waals surface area contributed by atoms with Crippen LogP contribution >= 0.6 is 0 Å². The monoisotopic (exact) mass is 394 g/mol. The first kappa shape index (κ1) is 19.4. The molecule has 8 heteroatoms. The van der Waals surface area contributed by atoms with Crippen LogP contribution in [0.1, 0.15) is 13.8 Å². The van der Waals surface area contributed by atoms with Gasteiger partial charge in [0, 0.05) is 19.2 Å². The Kier molecular flexibility index (Phi) is 5.57. The Morgan fingerprint density at radius 2 is 1.74 bits per heavy atom. The molecule has 1 N–H and O–H groups in total. The first-order valence-electron chi connectivity index (χ1n) is 8.65. The quantitative estimate of drug-likeness (QED) is 0.843. The molecule has 0 amide bonds. The number of nitrogens with one attached hydrogen (secondary N) is 1. The van der Waals surface area contributed by atoms with Crippen LogP contribution in [-0.2, 0) is 14.8 Å². The number of hydrogen-bond acceptors (Lipinski definition) is 5. The molecule has 6 nitrogen and oxygen atoms in total. The van der Waals surface area contributed by atoms with Crippen LogP contribution in [0.2, 0.25) is 0 Å². The van der Waals surface area contributed by atoms with Crippen LogP contribution in [0, 0.1) is 5.82 Å². The summed E-state index contributed by atoms with van der Waals surface area (Å²) in [5.74, 6) is 0.0737. The van der Waals surface area contributed by atoms with E-state index in [0.717, 1.165) is 0 Å². The van der Waals surface area contributed by atoms with Gasteiger partial charge >= 0.3 is 0 Å². The highest BCUT2D eigenvalue weighted by Crippen LogP contribution is 2.27. The van der Waals surface area contributed by atoms with E-state index in [-0.39, 0.29) is 22.8 Å². The summed E-state index contributed by atoms with van der Waals surface area (Å²) < 4.78 is 52.7. The maximum atomic E-state index is 14.6. The van der Waals surface area contributed by atoms with E-state index in [9.17, 15) is 12.8 Å². The van der Waals surface area contributed by atoms with Crippen molar-refractivity contribution >= 4 is 21.4 Å². The Labute approximate surface area is 159 Å². The number of sulfonamides is 1. The number of halogens is 1. The molecule has 0 bridgehead atoms. The average Bonchev–Trinajstić information content (AvgIpc) is 2.60. The van der Waals surface area contributed by atoms with Gasteiger partial charge in [-0.3, -0.25) is 4.72 Å². The number of methoxy groups -OCH3 is 1. The SMILES string of the molecule is COc1ccc(S(=O)(=O)Nc2ccc(N3C[C@H](C)O[C@@H](C)C3)c(F)c2)cc1. The minimum Gasteiger partial charge on any atom is -0.497 e. The zero-order chi connectivity index (χ0) is 19.6. The van der Waals surface area contributed by atoms with E-state index in [1.165, 1.54) is 25.3 Å². The lowest BCUT2D eigenvalue weighted by atomic mass is 10.2. The van der Waals surface area contributed by atoms with E-state index in [1.54, 1.807) is 24.3 Å². The Morgan fingerprint density at radius 1 is 1.11 bits per heavy atom. The zero-order valence-corrected chi connectivity index (χ0v) is 16.3. The molecule has 0 unspecified atom stereocenters. The fourth-order valence-electron chi connectivity index (χ4n) is 3.17. The predicted octanol–water partition coefficient (Wildman–Crippen LogP) is 3.25. The van der Waals surface area contributed by atoms with Gasteiger partial charge in [-0.1, -0.05) is 0 Å². The second kappa shape index (κ2) is 7.74. The number of rotatable bonds is 5. The van der Waals surface area contributed by atoms with Gasteiger partial charge in [0.05, 0.1) is 35.6 Å². The highest BCUT2D eigenvalue weighted by molar-refractivity contribution is 7.92. The molecule has 0 aromatic heterocycles. The minimum atomic E-state index is -3.82. The van der Waals surface area contributed by atoms with Crippen LogP contribution in [0.25, 0.3) is 0 Å². The predicted molar refractivity (Wildman–Crippen MR) is 102 cm³/mol. The van der Waals surface area contributed by atoms with Gasteiger partial charge in [0.1, 0.15) is 11.6 Å². The molecule has 1 fully saturated rings. The number of ether oxygens (including phenoxy) is 2. The van der Waals surface area contributed by atoms with Crippen molar-refractivity contribution in [2.75, 3.05) is 29.8 Å². The van der Waals surface area contributed by atoms with Crippen molar-refractivity contribution in [2.24, 2.45) is 0 Å². The topological polar surface area (TPSA) is 67.9 Å². The number of anilines is 2. The van der Waals surface area contributed by atoms with Gasteiger partial charge in [0.25, 0.3) is 10.0 Å². The lowest BCUT2D eigenvalue weighted by Gasteiger charge is -2.37. The van der Waals surface area contributed by atoms with Gasteiger partial charge in [-0.15, -0.1) is 0 Å². The van der Waals surface area contributed by atoms with Crippen LogP contribution in [0.5, 0.6) is 5.75 Å². The van der Waals surface area contributed by atoms with Crippen molar-refractivity contribution in [3.05, 3.63) is 48.3 Å². The first-order chi connectivity index (χ1) is 12.8. The summed E-state index contributed by atoms with van der Waals surface area (Å²) in [7, 11) is -2.31. The van der Waals surface area contributed by atoms with Gasteiger partial charge < -0.3 is 14.4 Å². The minimum absolute atomic E-state index is 0.00130. The van der Waals surface area contributed by atoms with E-state index >= 15 is 0 Å². The van der Waals surface area contributed by atoms with Crippen molar-refractivity contribution in [3.8, 4) is 5.75 Å². The number of benzene rings is 2. The van der Waals surface area contributed by atoms with E-state index < -0.39 is 15.8 Å². The maximum Gasteiger partial charge on any atom is 0.261 e. The average molecular weight is 394 g/mol. The lowest BCUT2D eigenvalue weighted by molar-refractivity contribution is -0.00539. The highest BCUT2D eigenvalue weighted by Gasteiger charge is 2.24. The Balaban J connectivity index is 1.78. The zero-order valence-electron chi connectivity index (χ0n) is 15.5. The maximum absolute atomic E-state index is 14.6. The van der Waals surface area contributed by atoms with Gasteiger partial charge in [0.2, 0.25) is 0 Å². The van der Waals surface area contributed by atoms with Crippen LogP contribution in [0.4, 0.5) is 15.8 Å². The normalized spacial score (nSPS) is 20.4. The molecule has 2 aromatic rings. The lowest BCUT2D eigenvalue weighted by Crippen LogP contribution is -2.45. The fourth-order valence-corrected chi connectivity index (χ4v) is 4.22. The molecule has 27 heavy (non-hydrogen) atoms. The summed E-state index contributed by atoms with van der Waals surface area (Å²) in [5.41, 5.74) is 0.603. The molecule has 1 aliphatic rings. The van der Waals surface area contributed by atoms with E-state index in [1.807, 2.05) is 18.7 Å². The van der Waals surface area contributed by atoms with E-state index in [0.29, 0.717) is 24.5 Å². The molecule has 1 heterocycles. The van der Waals surface area contributed by atoms with Gasteiger partial charge in [-0.25, -0.2) is 12.8 Å². The molecule has 2 atom stereocenters. The molecule has 0 saturated carbocycles. The molecule has 146 valence electrons. The fraction of sp³-hybridized carbons (Fsp3) is 0.368. The third-order valence-corrected chi connectivity index (χ3v) is 5.73.